The Hall–Kier alpha value is -2.77. The minimum atomic E-state index is -0.754. The Bertz CT molecular complexity index is 1080. The Kier molecular flexibility index (Phi) is 17.1. The summed E-state index contributed by atoms with van der Waals surface area (Å²) in [5.74, 6) is 1.04. The highest BCUT2D eigenvalue weighted by Crippen LogP contribution is 2.33. The molecular formula is C31H48N6O6S. The van der Waals surface area contributed by atoms with E-state index in [0.29, 0.717) is 70.1 Å². The van der Waals surface area contributed by atoms with E-state index in [0.717, 1.165) is 49.0 Å². The molecule has 0 bridgehead atoms. The number of hydrogen-bond acceptors (Lipinski definition) is 8. The highest BCUT2D eigenvalue weighted by molar-refractivity contribution is 8.00. The van der Waals surface area contributed by atoms with Gasteiger partial charge in [0, 0.05) is 50.2 Å². The zero-order chi connectivity index (χ0) is 31.4. The first kappa shape index (κ1) is 35.7. The average Bonchev–Trinajstić information content (AvgIpc) is 3.59. The summed E-state index contributed by atoms with van der Waals surface area (Å²) < 4.78 is 16.7. The van der Waals surface area contributed by atoms with Gasteiger partial charge in [-0.15, -0.1) is 0 Å². The van der Waals surface area contributed by atoms with Crippen LogP contribution in [0.2, 0.25) is 0 Å². The van der Waals surface area contributed by atoms with Gasteiger partial charge in [-0.2, -0.15) is 16.6 Å². The summed E-state index contributed by atoms with van der Waals surface area (Å²) in [6.07, 6.45) is 7.71. The van der Waals surface area contributed by atoms with Gasteiger partial charge in [0.05, 0.1) is 38.5 Å². The highest BCUT2D eigenvalue weighted by atomic mass is 32.2. The van der Waals surface area contributed by atoms with Gasteiger partial charge in [-0.1, -0.05) is 30.7 Å². The number of hydrogen-bond donors (Lipinski definition) is 5. The predicted molar refractivity (Wildman–Crippen MR) is 171 cm³/mol. The fourth-order valence-corrected chi connectivity index (χ4v) is 6.42. The molecule has 4 unspecified atom stereocenters. The van der Waals surface area contributed by atoms with Crippen LogP contribution in [0.1, 0.15) is 62.8 Å². The quantitative estimate of drug-likeness (QED) is 0.0307. The number of benzene rings is 1. The predicted octanol–water partition coefficient (Wildman–Crippen LogP) is 2.64. The molecule has 5 N–H and O–H groups in total. The lowest BCUT2D eigenvalue weighted by molar-refractivity contribution is -0.121. The summed E-state index contributed by atoms with van der Waals surface area (Å²) in [6, 6.07) is 7.91. The van der Waals surface area contributed by atoms with Crippen LogP contribution in [-0.4, -0.2) is 103 Å². The fraction of sp³-hybridized carbons (Fsp3) is 0.645. The number of urea groups is 1. The molecule has 12 nitrogen and oxygen atoms in total. The number of nitrogens with zero attached hydrogens (tertiary/aromatic N) is 2. The molecule has 3 amide bonds. The van der Waals surface area contributed by atoms with Gasteiger partial charge in [-0.3, -0.25) is 10.1 Å². The minimum Gasteiger partial charge on any atom is -0.379 e. The van der Waals surface area contributed by atoms with E-state index in [1.54, 1.807) is 13.0 Å². The third-order valence-electron chi connectivity index (χ3n) is 7.34. The molecule has 2 aliphatic rings. The molecule has 2 heterocycles. The van der Waals surface area contributed by atoms with E-state index in [9.17, 15) is 14.7 Å². The fourth-order valence-electron chi connectivity index (χ4n) is 4.88. The molecule has 44 heavy (non-hydrogen) atoms. The first-order chi connectivity index (χ1) is 21.5. The number of thioether (sulfide) groups is 1. The van der Waals surface area contributed by atoms with Crippen molar-refractivity contribution in [1.29, 1.82) is 0 Å². The first-order valence-electron chi connectivity index (χ1n) is 15.5. The van der Waals surface area contributed by atoms with Crippen LogP contribution in [-0.2, 0) is 19.0 Å². The van der Waals surface area contributed by atoms with Crippen molar-refractivity contribution in [2.24, 2.45) is 0 Å². The molecule has 2 aliphatic heterocycles. The molecule has 0 radical (unpaired) electrons. The molecule has 1 aromatic rings. The average molecular weight is 633 g/mol. The molecule has 2 fully saturated rings. The number of aliphatic hydroxyl groups is 1. The summed E-state index contributed by atoms with van der Waals surface area (Å²) >= 11 is 1.91. The van der Waals surface area contributed by atoms with Crippen LogP contribution in [0, 0.1) is 0 Å². The van der Waals surface area contributed by atoms with E-state index in [2.05, 4.69) is 26.1 Å². The Morgan fingerprint density at radius 3 is 2.43 bits per heavy atom. The third kappa shape index (κ3) is 13.9. The van der Waals surface area contributed by atoms with Crippen molar-refractivity contribution in [2.45, 2.75) is 69.0 Å². The van der Waals surface area contributed by atoms with Crippen molar-refractivity contribution in [2.75, 3.05) is 58.5 Å². The monoisotopic (exact) mass is 632 g/mol. The van der Waals surface area contributed by atoms with E-state index >= 15 is 0 Å². The number of aliphatic hydroxyl groups excluding tert-OH is 1. The Morgan fingerprint density at radius 2 is 1.73 bits per heavy atom. The van der Waals surface area contributed by atoms with Crippen molar-refractivity contribution in [1.82, 2.24) is 21.3 Å². The summed E-state index contributed by atoms with van der Waals surface area (Å²) in [4.78, 5) is 26.6. The Balaban J connectivity index is 1.04. The van der Waals surface area contributed by atoms with Crippen molar-refractivity contribution < 1.29 is 33.7 Å². The normalized spacial score (nSPS) is 19.8. The molecule has 13 heteroatoms. The number of carbonyl (C=O) groups is 2. The Morgan fingerprint density at radius 1 is 1.05 bits per heavy atom. The summed E-state index contributed by atoms with van der Waals surface area (Å²) in [5.41, 5.74) is 10.9. The van der Waals surface area contributed by atoms with Gasteiger partial charge >= 0.3 is 6.03 Å². The SMILES string of the molecule is CC(/C=C\c1ccc(C(O)NCCCOCCOCCOCCCNC(=O)CCCCC2SCC3NC(=O)NC32)cc1)=[N+]=[N-]. The number of ether oxygens (including phenoxy) is 3. The van der Waals surface area contributed by atoms with Gasteiger partial charge in [0.15, 0.2) is 0 Å². The van der Waals surface area contributed by atoms with E-state index in [4.69, 9.17) is 19.7 Å². The van der Waals surface area contributed by atoms with E-state index in [-0.39, 0.29) is 24.0 Å². The second kappa shape index (κ2) is 21.1. The maximum absolute atomic E-state index is 12.0. The van der Waals surface area contributed by atoms with Gasteiger partial charge in [-0.25, -0.2) is 4.79 Å². The molecule has 0 aliphatic carbocycles. The number of allylic oxidation sites excluding steroid dienone is 1. The zero-order valence-corrected chi connectivity index (χ0v) is 26.5. The molecule has 1 aromatic carbocycles. The number of fused-ring (bicyclic) bond motifs is 1. The second-order valence-corrected chi connectivity index (χ2v) is 12.1. The van der Waals surface area contributed by atoms with Crippen molar-refractivity contribution in [3.63, 3.8) is 0 Å². The minimum absolute atomic E-state index is 0.0575. The number of rotatable bonds is 23. The molecule has 0 aromatic heterocycles. The largest absolute Gasteiger partial charge is 0.379 e. The van der Waals surface area contributed by atoms with Gasteiger partial charge in [0.25, 0.3) is 5.71 Å². The first-order valence-corrected chi connectivity index (χ1v) is 16.6. The standard InChI is InChI=1S/C31H48N6O6S/c1-23(37-32)8-9-24-10-12-25(13-11-24)30(39)34-15-5-17-42-19-21-43-20-18-41-16-4-14-33-28(38)7-3-2-6-27-29-26(22-44-27)35-31(40)36-29/h8-13,26-27,29-30,34,39H,2-7,14-22H2,1H3,(H,33,38)(H2,35,36,40)/b9-8-. The zero-order valence-electron chi connectivity index (χ0n) is 25.7. The van der Waals surface area contributed by atoms with Crippen LogP contribution in [0.25, 0.3) is 11.6 Å². The van der Waals surface area contributed by atoms with E-state index in [1.165, 1.54) is 0 Å². The van der Waals surface area contributed by atoms with E-state index in [1.807, 2.05) is 42.1 Å². The maximum Gasteiger partial charge on any atom is 0.315 e. The van der Waals surface area contributed by atoms with Gasteiger partial charge in [0.2, 0.25) is 5.91 Å². The Labute approximate surface area is 264 Å². The van der Waals surface area contributed by atoms with Gasteiger partial charge in [-0.05, 0) is 49.4 Å². The topological polar surface area (TPSA) is 167 Å². The maximum atomic E-state index is 12.0. The molecule has 3 rings (SSSR count). The summed E-state index contributed by atoms with van der Waals surface area (Å²) in [7, 11) is 0. The highest BCUT2D eigenvalue weighted by Gasteiger charge is 2.42. The second-order valence-electron chi connectivity index (χ2n) is 10.9. The summed E-state index contributed by atoms with van der Waals surface area (Å²) in [6.45, 7) is 6.04. The van der Waals surface area contributed by atoms with Crippen LogP contribution < -0.4 is 21.3 Å². The van der Waals surface area contributed by atoms with Crippen LogP contribution in [0.3, 0.4) is 0 Å². The van der Waals surface area contributed by atoms with Crippen LogP contribution in [0.5, 0.6) is 0 Å². The lowest BCUT2D eigenvalue weighted by Gasteiger charge is -2.16. The smallest absolute Gasteiger partial charge is 0.315 e. The van der Waals surface area contributed by atoms with Crippen LogP contribution in [0.4, 0.5) is 4.79 Å². The number of amides is 3. The number of carbonyl (C=O) groups excluding carboxylic acids is 2. The van der Waals surface area contributed by atoms with Crippen LogP contribution in [0.15, 0.2) is 30.3 Å². The van der Waals surface area contributed by atoms with E-state index < -0.39 is 6.23 Å². The number of unbranched alkanes of at least 4 members (excludes halogenated alkanes) is 1. The van der Waals surface area contributed by atoms with Crippen molar-refractivity contribution in [3.8, 4) is 0 Å². The molecular weight excluding hydrogens is 584 g/mol. The molecule has 2 saturated heterocycles. The molecule has 244 valence electrons. The third-order valence-corrected chi connectivity index (χ3v) is 8.85. The van der Waals surface area contributed by atoms with Gasteiger partial charge < -0.3 is 40.8 Å². The molecule has 4 atom stereocenters. The number of nitrogens with one attached hydrogen (secondary N) is 4. The van der Waals surface area contributed by atoms with Crippen molar-refractivity contribution >= 4 is 35.5 Å². The lowest BCUT2D eigenvalue weighted by atomic mass is 10.0. The van der Waals surface area contributed by atoms with Crippen molar-refractivity contribution in [3.05, 3.63) is 47.0 Å². The molecule has 0 saturated carbocycles. The van der Waals surface area contributed by atoms with Gasteiger partial charge in [0.1, 0.15) is 6.23 Å². The summed E-state index contributed by atoms with van der Waals surface area (Å²) in [5, 5.41) is 22.7. The van der Waals surface area contributed by atoms with Crippen LogP contribution >= 0.6 is 11.8 Å². The lowest BCUT2D eigenvalue weighted by Crippen LogP contribution is -2.36. The molecule has 0 spiro atoms.